The average molecular weight is 773 g/mol. The first kappa shape index (κ1) is 41.2. The first-order chi connectivity index (χ1) is 23.1. The lowest BCUT2D eigenvalue weighted by Crippen LogP contribution is -2.35. The van der Waals surface area contributed by atoms with Crippen LogP contribution in [0.4, 0.5) is 0 Å². The molecule has 2 aromatic rings. The van der Waals surface area contributed by atoms with E-state index in [1.165, 1.54) is 43.7 Å². The van der Waals surface area contributed by atoms with Crippen LogP contribution in [-0.4, -0.2) is 87.6 Å². The average Bonchev–Trinajstić information content (AvgIpc) is 3.35. The number of aromatic nitrogens is 1. The molecule has 50 heavy (non-hydrogen) atoms. The molecule has 1 aliphatic heterocycles. The van der Waals surface area contributed by atoms with Crippen molar-refractivity contribution in [1.82, 2.24) is 9.21 Å². The summed E-state index contributed by atoms with van der Waals surface area (Å²) in [5, 5.41) is 9.77. The number of rotatable bonds is 16. The predicted molar refractivity (Wildman–Crippen MR) is 195 cm³/mol. The molecule has 1 aromatic heterocycles. The highest BCUT2D eigenvalue weighted by Crippen LogP contribution is 2.39. The van der Waals surface area contributed by atoms with E-state index in [0.717, 1.165) is 20.5 Å². The van der Waals surface area contributed by atoms with Crippen LogP contribution < -0.4 is 4.57 Å². The summed E-state index contributed by atoms with van der Waals surface area (Å²) in [5.41, 5.74) is 1.14. The SMILES string of the molecule is C=C1/C=C(S(=O)(=O)O)\C=C/CN(CCCCCC(=O)O)/C(=C/C=C/c2sc3cc(S(=O)(=O)N(C)C)ccc3[n+]2CCCCS(=O)(=O)O)C1(C)C. The summed E-state index contributed by atoms with van der Waals surface area (Å²) in [6, 6.07) is 4.84. The number of hydrogen-bond acceptors (Lipinski definition) is 9. The number of thiazole rings is 1. The Kier molecular flexibility index (Phi) is 13.9. The Morgan fingerprint density at radius 3 is 2.38 bits per heavy atom. The van der Waals surface area contributed by atoms with Gasteiger partial charge in [-0.2, -0.15) is 21.4 Å². The van der Waals surface area contributed by atoms with Crippen molar-refractivity contribution in [1.29, 1.82) is 0 Å². The van der Waals surface area contributed by atoms with Crippen LogP contribution in [0, 0.1) is 5.41 Å². The summed E-state index contributed by atoms with van der Waals surface area (Å²) < 4.78 is 95.3. The van der Waals surface area contributed by atoms with Crippen molar-refractivity contribution in [3.05, 3.63) is 76.3 Å². The second-order valence-corrected chi connectivity index (χ2v) is 18.8. The largest absolute Gasteiger partial charge is 0.481 e. The Morgan fingerprint density at radius 1 is 1.06 bits per heavy atom. The summed E-state index contributed by atoms with van der Waals surface area (Å²) in [6.45, 7) is 9.13. The summed E-state index contributed by atoms with van der Waals surface area (Å²) >= 11 is 1.35. The number of hydrogen-bond donors (Lipinski definition) is 3. The lowest BCUT2D eigenvalue weighted by atomic mass is 9.80. The normalized spacial score (nSPS) is 18.7. The molecule has 276 valence electrons. The molecule has 0 aliphatic carbocycles. The third-order valence-corrected chi connectivity index (χ3v) is 12.9. The molecule has 0 fully saturated rings. The van der Waals surface area contributed by atoms with E-state index in [0.29, 0.717) is 55.6 Å². The molecule has 13 nitrogen and oxygen atoms in total. The molecule has 1 aliphatic rings. The van der Waals surface area contributed by atoms with Gasteiger partial charge in [-0.3, -0.25) is 13.9 Å². The second kappa shape index (κ2) is 16.9. The van der Waals surface area contributed by atoms with Gasteiger partial charge >= 0.3 is 5.97 Å². The predicted octanol–water partition coefficient (Wildman–Crippen LogP) is 4.88. The highest BCUT2D eigenvalue weighted by Gasteiger charge is 2.31. The van der Waals surface area contributed by atoms with E-state index < -0.39 is 41.6 Å². The summed E-state index contributed by atoms with van der Waals surface area (Å²) in [5.74, 6) is -1.25. The lowest BCUT2D eigenvalue weighted by molar-refractivity contribution is -0.669. The number of sulfonamides is 1. The molecular weight excluding hydrogens is 727 g/mol. The Labute approximate surface area is 299 Å². The van der Waals surface area contributed by atoms with E-state index in [4.69, 9.17) is 5.11 Å². The number of nitrogens with zero attached hydrogens (tertiary/aromatic N) is 3. The van der Waals surface area contributed by atoms with Gasteiger partial charge in [-0.05, 0) is 55.2 Å². The van der Waals surface area contributed by atoms with Crippen molar-refractivity contribution in [3.8, 4) is 0 Å². The van der Waals surface area contributed by atoms with Crippen LogP contribution in [-0.2, 0) is 41.6 Å². The van der Waals surface area contributed by atoms with Gasteiger partial charge in [0.25, 0.3) is 25.2 Å². The van der Waals surface area contributed by atoms with Gasteiger partial charge in [-0.1, -0.05) is 50.3 Å². The number of aliphatic carboxylic acids is 1. The molecule has 0 bridgehead atoms. The number of unbranched alkanes of at least 4 members (excludes halogenated alkanes) is 3. The monoisotopic (exact) mass is 772 g/mol. The maximum Gasteiger partial charge on any atom is 0.303 e. The Hall–Kier alpha value is -3.19. The minimum Gasteiger partial charge on any atom is -0.481 e. The molecule has 2 heterocycles. The quantitative estimate of drug-likeness (QED) is 0.120. The Balaban J connectivity index is 2.10. The van der Waals surface area contributed by atoms with Crippen molar-refractivity contribution in [3.63, 3.8) is 0 Å². The van der Waals surface area contributed by atoms with E-state index in [9.17, 15) is 39.2 Å². The molecular formula is C33H46N3O10S4+. The van der Waals surface area contributed by atoms with Crippen molar-refractivity contribution in [2.75, 3.05) is 32.9 Å². The van der Waals surface area contributed by atoms with Gasteiger partial charge in [-0.15, -0.1) is 0 Å². The van der Waals surface area contributed by atoms with Crippen molar-refractivity contribution in [2.24, 2.45) is 5.41 Å². The molecule has 0 amide bonds. The maximum atomic E-state index is 12.9. The van der Waals surface area contributed by atoms with Crippen molar-refractivity contribution >= 4 is 63.9 Å². The number of carboxylic acid groups (broad SMARTS) is 1. The van der Waals surface area contributed by atoms with Gasteiger partial charge in [-0.25, -0.2) is 12.7 Å². The fourth-order valence-corrected chi connectivity index (χ4v) is 8.66. The van der Waals surface area contributed by atoms with Crippen molar-refractivity contribution < 1.29 is 48.8 Å². The highest BCUT2D eigenvalue weighted by atomic mass is 32.2. The van der Waals surface area contributed by atoms with E-state index in [1.54, 1.807) is 18.2 Å². The number of benzene rings is 1. The number of aryl methyl sites for hydroxylation is 1. The molecule has 3 N–H and O–H groups in total. The lowest BCUT2D eigenvalue weighted by Gasteiger charge is -2.37. The summed E-state index contributed by atoms with van der Waals surface area (Å²) in [6.07, 6.45) is 12.4. The van der Waals surface area contributed by atoms with Crippen molar-refractivity contribution in [2.45, 2.75) is 63.8 Å². The number of allylic oxidation sites excluding steroid dienone is 5. The standard InChI is InChI=1S/C33H45N3O10S4/c1-25-23-27(50(44,45)46)13-12-20-35(19-8-6-7-16-32(37)38)30(33(25,2)3)14-11-15-31-36(21-9-10-22-48(39,40)41)28-18-17-26(24-29(28)47-31)49(42,43)34(4)5/h11-15,17-18,23-24H,1,6-10,16,19-22H2,2-5H3,(H2-,37,38,39,40,41,44,45,46)/p+1/b13-12-,27-23+. The highest BCUT2D eigenvalue weighted by molar-refractivity contribution is 7.90. The van der Waals surface area contributed by atoms with Crippen LogP contribution in [0.2, 0.25) is 0 Å². The van der Waals surface area contributed by atoms with E-state index in [2.05, 4.69) is 11.5 Å². The van der Waals surface area contributed by atoms with Gasteiger partial charge in [0.15, 0.2) is 6.54 Å². The molecule has 0 radical (unpaired) electrons. The smallest absolute Gasteiger partial charge is 0.303 e. The van der Waals surface area contributed by atoms with Gasteiger partial charge in [0, 0.05) is 63.3 Å². The van der Waals surface area contributed by atoms with Crippen LogP contribution in [0.25, 0.3) is 16.3 Å². The maximum absolute atomic E-state index is 12.9. The van der Waals surface area contributed by atoms with E-state index >= 15 is 0 Å². The molecule has 0 spiro atoms. The molecule has 0 atom stereocenters. The minimum absolute atomic E-state index is 0.0584. The number of carboxylic acids is 1. The Bertz CT molecular complexity index is 2040. The molecule has 3 rings (SSSR count). The zero-order chi connectivity index (χ0) is 37.5. The van der Waals surface area contributed by atoms with Gasteiger partial charge in [0.05, 0.1) is 15.6 Å². The molecule has 0 saturated heterocycles. The summed E-state index contributed by atoms with van der Waals surface area (Å²) in [7, 11) is -9.44. The third-order valence-electron chi connectivity index (χ3n) is 8.33. The minimum atomic E-state index is -4.52. The molecule has 1 aromatic carbocycles. The van der Waals surface area contributed by atoms with Crippen LogP contribution >= 0.6 is 11.3 Å². The van der Waals surface area contributed by atoms with Gasteiger partial charge in [0.1, 0.15) is 4.70 Å². The van der Waals surface area contributed by atoms with E-state index in [-0.39, 0.29) is 28.4 Å². The first-order valence-electron chi connectivity index (χ1n) is 15.9. The fraction of sp³-hybridized carbons (Fsp3) is 0.455. The fourth-order valence-electron chi connectivity index (χ4n) is 5.38. The zero-order valence-corrected chi connectivity index (χ0v) is 31.9. The first-order valence-corrected chi connectivity index (χ1v) is 21.2. The second-order valence-electron chi connectivity index (χ2n) is 12.6. The van der Waals surface area contributed by atoms with E-state index in [1.807, 2.05) is 36.6 Å². The number of carbonyl (C=O) groups is 1. The molecule has 0 saturated carbocycles. The topological polar surface area (TPSA) is 191 Å². The van der Waals surface area contributed by atoms with Crippen LogP contribution in [0.1, 0.15) is 57.4 Å². The number of fused-ring (bicyclic) bond motifs is 1. The van der Waals surface area contributed by atoms with Crippen LogP contribution in [0.5, 0.6) is 0 Å². The zero-order valence-electron chi connectivity index (χ0n) is 28.6. The summed E-state index contributed by atoms with van der Waals surface area (Å²) in [4.78, 5) is 12.9. The van der Waals surface area contributed by atoms with Crippen LogP contribution in [0.15, 0.2) is 76.2 Å². The van der Waals surface area contributed by atoms with Crippen LogP contribution in [0.3, 0.4) is 0 Å². The molecule has 17 heteroatoms. The van der Waals surface area contributed by atoms with Gasteiger partial charge < -0.3 is 10.0 Å². The van der Waals surface area contributed by atoms with Gasteiger partial charge in [0.2, 0.25) is 15.5 Å². The third kappa shape index (κ3) is 11.2. The molecule has 0 unspecified atom stereocenters. The Morgan fingerprint density at radius 2 is 1.76 bits per heavy atom.